The summed E-state index contributed by atoms with van der Waals surface area (Å²) in [5.41, 5.74) is 1.21. The van der Waals surface area contributed by atoms with Crippen LogP contribution in [0.1, 0.15) is 36.5 Å². The lowest BCUT2D eigenvalue weighted by Gasteiger charge is -2.04. The number of hydrogen-bond acceptors (Lipinski definition) is 1. The Kier molecular flexibility index (Phi) is 5.55. The molecular weight excluding hydrogens is 282 g/mol. The average molecular weight is 300 g/mol. The fraction of sp³-hybridized carbons (Fsp3) is 0.263. The predicted molar refractivity (Wildman–Crippen MR) is 83.9 cm³/mol. The van der Waals surface area contributed by atoms with Gasteiger partial charge in [0.2, 0.25) is 0 Å². The van der Waals surface area contributed by atoms with Crippen LogP contribution in [0.5, 0.6) is 5.75 Å². The molecule has 0 aromatic heterocycles. The first-order chi connectivity index (χ1) is 10.7. The van der Waals surface area contributed by atoms with Gasteiger partial charge in [-0.2, -0.15) is 0 Å². The molecule has 0 aliphatic carbocycles. The van der Waals surface area contributed by atoms with Crippen LogP contribution in [-0.4, -0.2) is 7.11 Å². The summed E-state index contributed by atoms with van der Waals surface area (Å²) < 4.78 is 33.0. The van der Waals surface area contributed by atoms with Gasteiger partial charge in [-0.3, -0.25) is 0 Å². The smallest absolute Gasteiger partial charge is 0.174 e. The summed E-state index contributed by atoms with van der Waals surface area (Å²) in [6.45, 7) is 2.02. The van der Waals surface area contributed by atoms with Crippen molar-refractivity contribution in [3.8, 4) is 17.6 Å². The Bertz CT molecular complexity index is 694. The lowest BCUT2D eigenvalue weighted by atomic mass is 10.0. The van der Waals surface area contributed by atoms with E-state index in [1.54, 1.807) is 43.5 Å². The van der Waals surface area contributed by atoms with Crippen LogP contribution < -0.4 is 4.74 Å². The van der Waals surface area contributed by atoms with E-state index in [9.17, 15) is 8.78 Å². The van der Waals surface area contributed by atoms with Crippen molar-refractivity contribution in [3.05, 3.63) is 64.7 Å². The Morgan fingerprint density at radius 2 is 1.68 bits per heavy atom. The second kappa shape index (κ2) is 7.61. The number of aryl methyl sites for hydroxylation is 1. The minimum absolute atomic E-state index is 0.0774. The van der Waals surface area contributed by atoms with E-state index in [1.165, 1.54) is 0 Å². The number of ether oxygens (including phenoxy) is 1. The van der Waals surface area contributed by atoms with Crippen LogP contribution in [0.2, 0.25) is 0 Å². The van der Waals surface area contributed by atoms with E-state index in [-0.39, 0.29) is 5.56 Å². The molecule has 0 N–H and O–H groups in total. The summed E-state index contributed by atoms with van der Waals surface area (Å²) in [7, 11) is 1.58. The van der Waals surface area contributed by atoms with Crippen LogP contribution in [0, 0.1) is 23.5 Å². The summed E-state index contributed by atoms with van der Waals surface area (Å²) in [5, 5.41) is 0. The summed E-state index contributed by atoms with van der Waals surface area (Å²) in [5.74, 6) is 4.59. The molecule has 1 nitrogen and oxygen atoms in total. The van der Waals surface area contributed by atoms with E-state index in [1.807, 2.05) is 6.92 Å². The van der Waals surface area contributed by atoms with E-state index in [0.717, 1.165) is 24.2 Å². The van der Waals surface area contributed by atoms with Gasteiger partial charge in [-0.25, -0.2) is 8.78 Å². The van der Waals surface area contributed by atoms with E-state index < -0.39 is 11.6 Å². The van der Waals surface area contributed by atoms with Crippen LogP contribution in [-0.2, 0) is 6.42 Å². The molecule has 114 valence electrons. The maximum absolute atomic E-state index is 14.0. The van der Waals surface area contributed by atoms with Gasteiger partial charge in [-0.1, -0.05) is 31.3 Å². The number of methoxy groups -OCH3 is 1. The number of benzene rings is 2. The maximum atomic E-state index is 14.0. The molecule has 0 heterocycles. The largest absolute Gasteiger partial charge is 0.497 e. The van der Waals surface area contributed by atoms with E-state index in [0.29, 0.717) is 12.0 Å². The van der Waals surface area contributed by atoms with Gasteiger partial charge in [0.1, 0.15) is 5.75 Å². The van der Waals surface area contributed by atoms with Crippen molar-refractivity contribution in [2.45, 2.75) is 26.2 Å². The lowest BCUT2D eigenvalue weighted by molar-refractivity contribution is 0.415. The molecule has 0 saturated heterocycles. The van der Waals surface area contributed by atoms with Gasteiger partial charge >= 0.3 is 0 Å². The van der Waals surface area contributed by atoms with Crippen molar-refractivity contribution in [2.75, 3.05) is 7.11 Å². The van der Waals surface area contributed by atoms with E-state index in [2.05, 4.69) is 11.8 Å². The summed E-state index contributed by atoms with van der Waals surface area (Å²) in [6.07, 6.45) is 2.33. The number of rotatable bonds is 4. The molecule has 0 bridgehead atoms. The highest BCUT2D eigenvalue weighted by atomic mass is 19.2. The number of halogens is 2. The fourth-order valence-electron chi connectivity index (χ4n) is 2.06. The van der Waals surface area contributed by atoms with Gasteiger partial charge in [-0.05, 0) is 48.7 Å². The molecule has 0 radical (unpaired) electrons. The highest BCUT2D eigenvalue weighted by Gasteiger charge is 2.11. The SMILES string of the molecule is CCCCc1ccc(C#Cc2ccc(OC)cc2)c(F)c1F. The molecule has 0 atom stereocenters. The second-order valence-electron chi connectivity index (χ2n) is 4.98. The minimum Gasteiger partial charge on any atom is -0.497 e. The lowest BCUT2D eigenvalue weighted by Crippen LogP contribution is -1.97. The Morgan fingerprint density at radius 3 is 2.32 bits per heavy atom. The summed E-state index contributed by atoms with van der Waals surface area (Å²) in [6, 6.07) is 10.3. The first-order valence-electron chi connectivity index (χ1n) is 7.28. The van der Waals surface area contributed by atoms with Crippen molar-refractivity contribution in [1.29, 1.82) is 0 Å². The maximum Gasteiger partial charge on any atom is 0.174 e. The summed E-state index contributed by atoms with van der Waals surface area (Å²) >= 11 is 0. The molecule has 0 saturated carbocycles. The van der Waals surface area contributed by atoms with Crippen molar-refractivity contribution < 1.29 is 13.5 Å². The highest BCUT2D eigenvalue weighted by Crippen LogP contribution is 2.18. The Morgan fingerprint density at radius 1 is 0.955 bits per heavy atom. The molecule has 0 fully saturated rings. The van der Waals surface area contributed by atoms with Crippen molar-refractivity contribution in [1.82, 2.24) is 0 Å². The van der Waals surface area contributed by atoms with Crippen LogP contribution in [0.3, 0.4) is 0 Å². The molecular formula is C19H18F2O. The van der Waals surface area contributed by atoms with Crippen LogP contribution in [0.4, 0.5) is 8.78 Å². The Balaban J connectivity index is 2.23. The van der Waals surface area contributed by atoms with Gasteiger partial charge < -0.3 is 4.74 Å². The first kappa shape index (κ1) is 16.0. The van der Waals surface area contributed by atoms with Gasteiger partial charge in [0.25, 0.3) is 0 Å². The zero-order chi connectivity index (χ0) is 15.9. The van der Waals surface area contributed by atoms with Crippen LogP contribution in [0.25, 0.3) is 0 Å². The van der Waals surface area contributed by atoms with Gasteiger partial charge in [0.05, 0.1) is 12.7 Å². The molecule has 0 aliphatic rings. The number of hydrogen-bond donors (Lipinski definition) is 0. The first-order valence-corrected chi connectivity index (χ1v) is 7.28. The zero-order valence-corrected chi connectivity index (χ0v) is 12.7. The normalized spacial score (nSPS) is 10.0. The van der Waals surface area contributed by atoms with Crippen molar-refractivity contribution in [3.63, 3.8) is 0 Å². The van der Waals surface area contributed by atoms with Gasteiger partial charge in [-0.15, -0.1) is 0 Å². The molecule has 2 aromatic rings. The standard InChI is InChI=1S/C19H18F2O/c1-3-4-5-15-10-11-16(19(21)18(15)20)9-6-14-7-12-17(22-2)13-8-14/h7-8,10-13H,3-5H2,1-2H3. The Labute approximate surface area is 129 Å². The molecule has 3 heteroatoms. The fourth-order valence-corrected chi connectivity index (χ4v) is 2.06. The summed E-state index contributed by atoms with van der Waals surface area (Å²) in [4.78, 5) is 0. The quantitative estimate of drug-likeness (QED) is 0.743. The van der Waals surface area contributed by atoms with E-state index >= 15 is 0 Å². The highest BCUT2D eigenvalue weighted by molar-refractivity contribution is 5.45. The van der Waals surface area contributed by atoms with Crippen molar-refractivity contribution in [2.24, 2.45) is 0 Å². The third kappa shape index (κ3) is 3.85. The molecule has 0 amide bonds. The van der Waals surface area contributed by atoms with Crippen LogP contribution in [0.15, 0.2) is 36.4 Å². The molecule has 0 aliphatic heterocycles. The topological polar surface area (TPSA) is 9.23 Å². The third-order valence-electron chi connectivity index (χ3n) is 3.39. The monoisotopic (exact) mass is 300 g/mol. The van der Waals surface area contributed by atoms with Crippen LogP contribution >= 0.6 is 0 Å². The third-order valence-corrected chi connectivity index (χ3v) is 3.39. The average Bonchev–Trinajstić information content (AvgIpc) is 2.56. The molecule has 0 unspecified atom stereocenters. The molecule has 0 spiro atoms. The molecule has 22 heavy (non-hydrogen) atoms. The van der Waals surface area contributed by atoms with Gasteiger partial charge in [0.15, 0.2) is 11.6 Å². The second-order valence-corrected chi connectivity index (χ2v) is 4.98. The Hall–Kier alpha value is -2.34. The molecule has 2 rings (SSSR count). The minimum atomic E-state index is -0.866. The molecule has 2 aromatic carbocycles. The van der Waals surface area contributed by atoms with Gasteiger partial charge in [0, 0.05) is 5.56 Å². The van der Waals surface area contributed by atoms with E-state index in [4.69, 9.17) is 4.74 Å². The number of unbranched alkanes of at least 4 members (excludes halogenated alkanes) is 1. The zero-order valence-electron chi connectivity index (χ0n) is 12.7. The van der Waals surface area contributed by atoms with Crippen molar-refractivity contribution >= 4 is 0 Å². The predicted octanol–water partition coefficient (Wildman–Crippen LogP) is 4.72.